The molecule has 3 aromatic rings. The minimum Gasteiger partial charge on any atom is -0.497 e. The standard InChI is InChI=1S/C15H12ClN3O2/c1-21-10-6-11(16)13-12(7-10)18-15(19-13)9-4-2-3-8(5-9)14(17)20/h2-7H,1H3,(H2,17,20)(H,18,19). The van der Waals surface area contributed by atoms with E-state index in [0.29, 0.717) is 27.7 Å². The Hall–Kier alpha value is -2.53. The number of benzene rings is 2. The van der Waals surface area contributed by atoms with Crippen molar-refractivity contribution in [2.45, 2.75) is 0 Å². The first-order valence-corrected chi connectivity index (χ1v) is 6.60. The van der Waals surface area contributed by atoms with Gasteiger partial charge in [0.25, 0.3) is 0 Å². The topological polar surface area (TPSA) is 81.0 Å². The van der Waals surface area contributed by atoms with Gasteiger partial charge in [0.15, 0.2) is 0 Å². The van der Waals surface area contributed by atoms with E-state index in [1.54, 1.807) is 31.4 Å². The molecule has 21 heavy (non-hydrogen) atoms. The summed E-state index contributed by atoms with van der Waals surface area (Å²) in [5.41, 5.74) is 7.89. The monoisotopic (exact) mass is 301 g/mol. The second kappa shape index (κ2) is 5.10. The van der Waals surface area contributed by atoms with Crippen LogP contribution < -0.4 is 10.5 Å². The molecule has 0 aliphatic carbocycles. The van der Waals surface area contributed by atoms with Gasteiger partial charge in [0.2, 0.25) is 5.91 Å². The van der Waals surface area contributed by atoms with Crippen molar-refractivity contribution >= 4 is 28.5 Å². The van der Waals surface area contributed by atoms with E-state index in [1.807, 2.05) is 12.1 Å². The van der Waals surface area contributed by atoms with Crippen LogP contribution in [0.2, 0.25) is 5.02 Å². The highest BCUT2D eigenvalue weighted by molar-refractivity contribution is 6.35. The van der Waals surface area contributed by atoms with Gasteiger partial charge in [-0.1, -0.05) is 23.7 Å². The van der Waals surface area contributed by atoms with E-state index in [1.165, 1.54) is 0 Å². The molecule has 106 valence electrons. The number of nitrogens with two attached hydrogens (primary N) is 1. The van der Waals surface area contributed by atoms with Crippen LogP contribution in [0.25, 0.3) is 22.4 Å². The SMILES string of the molecule is COc1cc(Cl)c2nc(-c3cccc(C(N)=O)c3)[nH]c2c1. The van der Waals surface area contributed by atoms with E-state index in [-0.39, 0.29) is 0 Å². The predicted molar refractivity (Wildman–Crippen MR) is 81.6 cm³/mol. The molecule has 0 aliphatic rings. The number of amides is 1. The summed E-state index contributed by atoms with van der Waals surface area (Å²) in [6.45, 7) is 0. The van der Waals surface area contributed by atoms with Gasteiger partial charge in [0.1, 0.15) is 17.1 Å². The lowest BCUT2D eigenvalue weighted by Crippen LogP contribution is -2.10. The summed E-state index contributed by atoms with van der Waals surface area (Å²) in [7, 11) is 1.57. The minimum atomic E-state index is -0.479. The van der Waals surface area contributed by atoms with Crippen LogP contribution in [0.1, 0.15) is 10.4 Å². The zero-order valence-electron chi connectivity index (χ0n) is 11.2. The molecule has 2 aromatic carbocycles. The van der Waals surface area contributed by atoms with Crippen molar-refractivity contribution < 1.29 is 9.53 Å². The molecule has 0 radical (unpaired) electrons. The number of H-pyrrole nitrogens is 1. The molecule has 5 nitrogen and oxygen atoms in total. The molecule has 0 fully saturated rings. The van der Waals surface area contributed by atoms with E-state index in [9.17, 15) is 4.79 Å². The highest BCUT2D eigenvalue weighted by atomic mass is 35.5. The van der Waals surface area contributed by atoms with E-state index in [0.717, 1.165) is 11.1 Å². The second-order valence-electron chi connectivity index (χ2n) is 4.54. The average molecular weight is 302 g/mol. The van der Waals surface area contributed by atoms with Gasteiger partial charge in [0.05, 0.1) is 17.6 Å². The highest BCUT2D eigenvalue weighted by Crippen LogP contribution is 2.30. The molecule has 3 rings (SSSR count). The maximum Gasteiger partial charge on any atom is 0.248 e. The number of carbonyl (C=O) groups excluding carboxylic acids is 1. The van der Waals surface area contributed by atoms with Crippen LogP contribution in [0.15, 0.2) is 36.4 Å². The third-order valence-electron chi connectivity index (χ3n) is 3.17. The Morgan fingerprint density at radius 3 is 2.86 bits per heavy atom. The molecule has 1 amide bonds. The summed E-state index contributed by atoms with van der Waals surface area (Å²) < 4.78 is 5.18. The van der Waals surface area contributed by atoms with Crippen molar-refractivity contribution in [1.82, 2.24) is 9.97 Å². The Labute approximate surface area is 125 Å². The molecule has 6 heteroatoms. The normalized spacial score (nSPS) is 10.8. The fourth-order valence-corrected chi connectivity index (χ4v) is 2.38. The lowest BCUT2D eigenvalue weighted by atomic mass is 10.1. The summed E-state index contributed by atoms with van der Waals surface area (Å²) >= 11 is 6.19. The first-order chi connectivity index (χ1) is 10.1. The molecule has 1 aromatic heterocycles. The second-order valence-corrected chi connectivity index (χ2v) is 4.94. The smallest absolute Gasteiger partial charge is 0.248 e. The number of aromatic amines is 1. The fraction of sp³-hybridized carbons (Fsp3) is 0.0667. The van der Waals surface area contributed by atoms with E-state index in [2.05, 4.69) is 9.97 Å². The number of imidazole rings is 1. The van der Waals surface area contributed by atoms with Crippen LogP contribution >= 0.6 is 11.6 Å². The number of nitrogens with zero attached hydrogens (tertiary/aromatic N) is 1. The number of ether oxygens (including phenoxy) is 1. The summed E-state index contributed by atoms with van der Waals surface area (Å²) in [5.74, 6) is 0.782. The van der Waals surface area contributed by atoms with Gasteiger partial charge < -0.3 is 15.5 Å². The zero-order valence-corrected chi connectivity index (χ0v) is 11.9. The number of aromatic nitrogens is 2. The van der Waals surface area contributed by atoms with Crippen molar-refractivity contribution in [1.29, 1.82) is 0 Å². The van der Waals surface area contributed by atoms with Crippen LogP contribution in [0.5, 0.6) is 5.75 Å². The molecule has 0 bridgehead atoms. The van der Waals surface area contributed by atoms with Gasteiger partial charge in [-0.05, 0) is 12.1 Å². The molecular weight excluding hydrogens is 290 g/mol. The number of rotatable bonds is 3. The summed E-state index contributed by atoms with van der Waals surface area (Å²) in [6.07, 6.45) is 0. The van der Waals surface area contributed by atoms with Gasteiger partial charge in [-0.3, -0.25) is 4.79 Å². The fourth-order valence-electron chi connectivity index (χ4n) is 2.12. The van der Waals surface area contributed by atoms with Gasteiger partial charge >= 0.3 is 0 Å². The minimum absolute atomic E-state index is 0.427. The Morgan fingerprint density at radius 1 is 1.33 bits per heavy atom. The van der Waals surface area contributed by atoms with Crippen molar-refractivity contribution in [2.75, 3.05) is 7.11 Å². The molecule has 0 saturated heterocycles. The van der Waals surface area contributed by atoms with Crippen molar-refractivity contribution in [2.24, 2.45) is 5.73 Å². The Bertz CT molecular complexity index is 842. The average Bonchev–Trinajstić information content (AvgIpc) is 2.92. The van der Waals surface area contributed by atoms with E-state index in [4.69, 9.17) is 22.1 Å². The van der Waals surface area contributed by atoms with Crippen LogP contribution in [0.4, 0.5) is 0 Å². The van der Waals surface area contributed by atoms with Gasteiger partial charge in [-0.15, -0.1) is 0 Å². The highest BCUT2D eigenvalue weighted by Gasteiger charge is 2.11. The van der Waals surface area contributed by atoms with Crippen molar-refractivity contribution in [3.05, 3.63) is 47.0 Å². The largest absolute Gasteiger partial charge is 0.497 e. The molecule has 0 spiro atoms. The molecule has 3 N–H and O–H groups in total. The summed E-state index contributed by atoms with van der Waals surface area (Å²) in [4.78, 5) is 18.9. The van der Waals surface area contributed by atoms with Crippen LogP contribution in [-0.4, -0.2) is 23.0 Å². The lowest BCUT2D eigenvalue weighted by Gasteiger charge is -1.99. The first-order valence-electron chi connectivity index (χ1n) is 6.22. The van der Waals surface area contributed by atoms with Crippen molar-refractivity contribution in [3.63, 3.8) is 0 Å². The van der Waals surface area contributed by atoms with Crippen LogP contribution in [0.3, 0.4) is 0 Å². The quantitative estimate of drug-likeness (QED) is 0.780. The molecular formula is C15H12ClN3O2. The first kappa shape index (κ1) is 13.5. The lowest BCUT2D eigenvalue weighted by molar-refractivity contribution is 0.100. The van der Waals surface area contributed by atoms with Crippen LogP contribution in [0, 0.1) is 0 Å². The maximum atomic E-state index is 11.2. The Kier molecular flexibility index (Phi) is 3.27. The Morgan fingerprint density at radius 2 is 2.14 bits per heavy atom. The Balaban J connectivity index is 2.15. The third-order valence-corrected chi connectivity index (χ3v) is 3.46. The summed E-state index contributed by atoms with van der Waals surface area (Å²) in [6, 6.07) is 10.5. The number of primary amides is 1. The number of fused-ring (bicyclic) bond motifs is 1. The third kappa shape index (κ3) is 2.43. The van der Waals surface area contributed by atoms with Crippen molar-refractivity contribution in [3.8, 4) is 17.1 Å². The number of hydrogen-bond donors (Lipinski definition) is 2. The predicted octanol–water partition coefficient (Wildman–Crippen LogP) is 2.99. The van der Waals surface area contributed by atoms with Gasteiger partial charge in [-0.25, -0.2) is 4.98 Å². The molecule has 0 saturated carbocycles. The number of methoxy groups -OCH3 is 1. The van der Waals surface area contributed by atoms with Gasteiger partial charge in [-0.2, -0.15) is 0 Å². The number of hydrogen-bond acceptors (Lipinski definition) is 3. The van der Waals surface area contributed by atoms with Gasteiger partial charge in [0, 0.05) is 23.3 Å². The van der Waals surface area contributed by atoms with Crippen LogP contribution in [-0.2, 0) is 0 Å². The van der Waals surface area contributed by atoms with E-state index >= 15 is 0 Å². The molecule has 0 atom stereocenters. The zero-order chi connectivity index (χ0) is 15.0. The molecule has 0 aliphatic heterocycles. The van der Waals surface area contributed by atoms with E-state index < -0.39 is 5.91 Å². The number of nitrogens with one attached hydrogen (secondary N) is 1. The summed E-state index contributed by atoms with van der Waals surface area (Å²) in [5, 5.41) is 0.498. The maximum absolute atomic E-state index is 11.2. The number of carbonyl (C=O) groups is 1. The molecule has 0 unspecified atom stereocenters. The molecule has 1 heterocycles. The number of halogens is 1.